The summed E-state index contributed by atoms with van der Waals surface area (Å²) in [5.41, 5.74) is 2.99. The summed E-state index contributed by atoms with van der Waals surface area (Å²) in [6, 6.07) is 4.98. The van der Waals surface area contributed by atoms with Gasteiger partial charge in [-0.25, -0.2) is 0 Å². The molecule has 5 nitrogen and oxygen atoms in total. The smallest absolute Gasteiger partial charge is 0.320 e. The van der Waals surface area contributed by atoms with Gasteiger partial charge in [0.05, 0.1) is 6.54 Å². The molecule has 0 aliphatic rings. The van der Waals surface area contributed by atoms with Crippen molar-refractivity contribution in [2.45, 2.75) is 26.8 Å². The van der Waals surface area contributed by atoms with Crippen LogP contribution in [0.1, 0.15) is 18.1 Å². The Kier molecular flexibility index (Phi) is 5.06. The fourth-order valence-electron chi connectivity index (χ4n) is 1.57. The Labute approximate surface area is 113 Å². The number of hydrogen-bond donors (Lipinski definition) is 2. The summed E-state index contributed by atoms with van der Waals surface area (Å²) in [4.78, 5) is 24.1. The molecule has 1 unspecified atom stereocenters. The Hall–Kier alpha value is -1.88. The zero-order valence-corrected chi connectivity index (χ0v) is 11.7. The van der Waals surface area contributed by atoms with E-state index in [9.17, 15) is 9.59 Å². The number of nitrogens with one attached hydrogen (secondary N) is 1. The number of nitrogens with zero attached hydrogens (tertiary/aromatic N) is 1. The quantitative estimate of drug-likeness (QED) is 0.848. The Morgan fingerprint density at radius 1 is 1.32 bits per heavy atom. The first-order valence-corrected chi connectivity index (χ1v) is 6.11. The lowest BCUT2D eigenvalue weighted by Crippen LogP contribution is -2.40. The number of carbonyl (C=O) groups excluding carboxylic acids is 1. The number of anilines is 1. The van der Waals surface area contributed by atoms with Crippen LogP contribution in [0.4, 0.5) is 5.69 Å². The molecule has 1 aromatic carbocycles. The van der Waals surface area contributed by atoms with Crippen molar-refractivity contribution in [1.29, 1.82) is 0 Å². The summed E-state index contributed by atoms with van der Waals surface area (Å²) in [7, 11) is 1.61. The third-order valence-electron chi connectivity index (χ3n) is 3.20. The van der Waals surface area contributed by atoms with Crippen molar-refractivity contribution in [1.82, 2.24) is 4.90 Å². The zero-order chi connectivity index (χ0) is 14.6. The summed E-state index contributed by atoms with van der Waals surface area (Å²) in [5.74, 6) is -1.17. The lowest BCUT2D eigenvalue weighted by Gasteiger charge is -2.20. The van der Waals surface area contributed by atoms with Gasteiger partial charge < -0.3 is 10.4 Å². The van der Waals surface area contributed by atoms with Crippen molar-refractivity contribution >= 4 is 17.6 Å². The van der Waals surface area contributed by atoms with Crippen molar-refractivity contribution in [3.63, 3.8) is 0 Å². The fourth-order valence-corrected chi connectivity index (χ4v) is 1.57. The highest BCUT2D eigenvalue weighted by atomic mass is 16.4. The minimum atomic E-state index is -0.943. The lowest BCUT2D eigenvalue weighted by molar-refractivity contribution is -0.142. The third kappa shape index (κ3) is 4.37. The SMILES string of the molecule is Cc1ccc(NC(=O)CN(C)C(C)C(=O)O)cc1C. The molecule has 19 heavy (non-hydrogen) atoms. The molecule has 1 atom stereocenters. The highest BCUT2D eigenvalue weighted by molar-refractivity contribution is 5.92. The molecular formula is C14H20N2O3. The van der Waals surface area contributed by atoms with Crippen LogP contribution in [0.2, 0.25) is 0 Å². The molecule has 1 rings (SSSR count). The molecule has 0 radical (unpaired) electrons. The molecule has 0 aliphatic carbocycles. The number of amides is 1. The second-order valence-corrected chi connectivity index (χ2v) is 4.78. The highest BCUT2D eigenvalue weighted by Crippen LogP contribution is 2.14. The molecular weight excluding hydrogens is 244 g/mol. The van der Waals surface area contributed by atoms with Gasteiger partial charge in [-0.2, -0.15) is 0 Å². The first-order valence-electron chi connectivity index (χ1n) is 6.11. The lowest BCUT2D eigenvalue weighted by atomic mass is 10.1. The largest absolute Gasteiger partial charge is 0.480 e. The van der Waals surface area contributed by atoms with E-state index in [4.69, 9.17) is 5.11 Å². The molecule has 0 saturated carbocycles. The fraction of sp³-hybridized carbons (Fsp3) is 0.429. The first kappa shape index (κ1) is 15.2. The number of rotatable bonds is 5. The van der Waals surface area contributed by atoms with Crippen molar-refractivity contribution in [3.05, 3.63) is 29.3 Å². The van der Waals surface area contributed by atoms with Crippen LogP contribution < -0.4 is 5.32 Å². The Morgan fingerprint density at radius 2 is 1.95 bits per heavy atom. The second kappa shape index (κ2) is 6.33. The number of hydrogen-bond acceptors (Lipinski definition) is 3. The molecule has 0 heterocycles. The molecule has 2 N–H and O–H groups in total. The van der Waals surface area contributed by atoms with Gasteiger partial charge in [-0.3, -0.25) is 14.5 Å². The average molecular weight is 264 g/mol. The summed E-state index contributed by atoms with van der Waals surface area (Å²) < 4.78 is 0. The standard InChI is InChI=1S/C14H20N2O3/c1-9-5-6-12(7-10(9)2)15-13(17)8-16(4)11(3)14(18)19/h5-7,11H,8H2,1-4H3,(H,15,17)(H,18,19). The summed E-state index contributed by atoms with van der Waals surface area (Å²) in [6.45, 7) is 5.57. The molecule has 5 heteroatoms. The van der Waals surface area contributed by atoms with Gasteiger partial charge in [0.25, 0.3) is 0 Å². The molecule has 0 spiro atoms. The maximum atomic E-state index is 11.8. The number of likely N-dealkylation sites (N-methyl/N-ethyl adjacent to an activating group) is 1. The minimum Gasteiger partial charge on any atom is -0.480 e. The monoisotopic (exact) mass is 264 g/mol. The molecule has 0 fully saturated rings. The van der Waals surface area contributed by atoms with Crippen molar-refractivity contribution in [3.8, 4) is 0 Å². The van der Waals surface area contributed by atoms with E-state index in [0.29, 0.717) is 0 Å². The van der Waals surface area contributed by atoms with Crippen molar-refractivity contribution in [2.24, 2.45) is 0 Å². The van der Waals surface area contributed by atoms with E-state index < -0.39 is 12.0 Å². The van der Waals surface area contributed by atoms with E-state index in [1.165, 1.54) is 4.90 Å². The summed E-state index contributed by atoms with van der Waals surface area (Å²) in [5, 5.41) is 11.6. The minimum absolute atomic E-state index is 0.0421. The van der Waals surface area contributed by atoms with Gasteiger partial charge in [-0.1, -0.05) is 6.07 Å². The summed E-state index contributed by atoms with van der Waals surface area (Å²) in [6.07, 6.45) is 0. The molecule has 0 bridgehead atoms. The van der Waals surface area contributed by atoms with E-state index >= 15 is 0 Å². The number of carboxylic acid groups (broad SMARTS) is 1. The Balaban J connectivity index is 2.60. The summed E-state index contributed by atoms with van der Waals surface area (Å²) >= 11 is 0. The van der Waals surface area contributed by atoms with Gasteiger partial charge in [0.1, 0.15) is 6.04 Å². The first-order chi connectivity index (χ1) is 8.81. The van der Waals surface area contributed by atoms with Crippen molar-refractivity contribution < 1.29 is 14.7 Å². The number of aliphatic carboxylic acids is 1. The normalized spacial score (nSPS) is 12.3. The molecule has 104 valence electrons. The highest BCUT2D eigenvalue weighted by Gasteiger charge is 2.18. The Morgan fingerprint density at radius 3 is 2.47 bits per heavy atom. The molecule has 0 saturated heterocycles. The van der Waals surface area contributed by atoms with Gasteiger partial charge in [-0.15, -0.1) is 0 Å². The molecule has 1 aromatic rings. The van der Waals surface area contributed by atoms with Gasteiger partial charge in [-0.05, 0) is 51.1 Å². The predicted molar refractivity (Wildman–Crippen MR) is 74.3 cm³/mol. The molecule has 0 aromatic heterocycles. The predicted octanol–water partition coefficient (Wildman–Crippen LogP) is 1.65. The van der Waals surface area contributed by atoms with Crippen LogP contribution in [0.5, 0.6) is 0 Å². The van der Waals surface area contributed by atoms with E-state index in [2.05, 4.69) is 5.32 Å². The van der Waals surface area contributed by atoms with Crippen LogP contribution >= 0.6 is 0 Å². The van der Waals surface area contributed by atoms with E-state index in [-0.39, 0.29) is 12.5 Å². The van der Waals surface area contributed by atoms with Gasteiger partial charge in [0.2, 0.25) is 5.91 Å². The zero-order valence-electron chi connectivity index (χ0n) is 11.7. The van der Waals surface area contributed by atoms with Gasteiger partial charge in [0.15, 0.2) is 0 Å². The molecule has 0 aliphatic heterocycles. The topological polar surface area (TPSA) is 69.6 Å². The van der Waals surface area contributed by atoms with Crippen LogP contribution in [0.3, 0.4) is 0 Å². The third-order valence-corrected chi connectivity index (χ3v) is 3.20. The second-order valence-electron chi connectivity index (χ2n) is 4.78. The number of benzene rings is 1. The number of carboxylic acids is 1. The van der Waals surface area contributed by atoms with Crippen LogP contribution in [-0.2, 0) is 9.59 Å². The number of aryl methyl sites for hydroxylation is 2. The van der Waals surface area contributed by atoms with E-state index in [1.54, 1.807) is 14.0 Å². The van der Waals surface area contributed by atoms with E-state index in [0.717, 1.165) is 16.8 Å². The van der Waals surface area contributed by atoms with Gasteiger partial charge in [0, 0.05) is 5.69 Å². The Bertz CT molecular complexity index is 486. The maximum Gasteiger partial charge on any atom is 0.320 e. The number of carbonyl (C=O) groups is 2. The van der Waals surface area contributed by atoms with Crippen LogP contribution in [-0.4, -0.2) is 41.5 Å². The molecule has 1 amide bonds. The van der Waals surface area contributed by atoms with Crippen LogP contribution in [0.25, 0.3) is 0 Å². The van der Waals surface area contributed by atoms with Crippen LogP contribution in [0.15, 0.2) is 18.2 Å². The average Bonchev–Trinajstić information content (AvgIpc) is 2.32. The van der Waals surface area contributed by atoms with Crippen LogP contribution in [0, 0.1) is 13.8 Å². The van der Waals surface area contributed by atoms with E-state index in [1.807, 2.05) is 32.0 Å². The van der Waals surface area contributed by atoms with Gasteiger partial charge >= 0.3 is 5.97 Å². The van der Waals surface area contributed by atoms with Crippen molar-refractivity contribution in [2.75, 3.05) is 18.9 Å². The maximum absolute atomic E-state index is 11.8.